The van der Waals surface area contributed by atoms with Gasteiger partial charge in [0.05, 0.1) is 17.4 Å². The van der Waals surface area contributed by atoms with Gasteiger partial charge < -0.3 is 4.79 Å². The lowest BCUT2D eigenvalue weighted by atomic mass is 10.2. The molecule has 0 aliphatic heterocycles. The van der Waals surface area contributed by atoms with Crippen molar-refractivity contribution in [2.24, 2.45) is 7.05 Å². The van der Waals surface area contributed by atoms with Crippen LogP contribution in [-0.2, 0) is 18.4 Å². The molecule has 5 nitrogen and oxygen atoms in total. The highest BCUT2D eigenvalue weighted by Gasteiger charge is 2.10. The molecule has 88 valence electrons. The third-order valence-corrected chi connectivity index (χ3v) is 2.57. The van der Waals surface area contributed by atoms with E-state index in [9.17, 15) is 18.8 Å². The molecule has 0 unspecified atom stereocenters. The Morgan fingerprint density at radius 3 is 2.71 bits per heavy atom. The van der Waals surface area contributed by atoms with Gasteiger partial charge in [-0.1, -0.05) is 0 Å². The van der Waals surface area contributed by atoms with Gasteiger partial charge in [-0.15, -0.1) is 0 Å². The summed E-state index contributed by atoms with van der Waals surface area (Å²) >= 11 is 0. The van der Waals surface area contributed by atoms with Gasteiger partial charge in [0.15, 0.2) is 0 Å². The highest BCUT2D eigenvalue weighted by Crippen LogP contribution is 2.08. The first-order valence-corrected chi connectivity index (χ1v) is 4.89. The van der Waals surface area contributed by atoms with E-state index in [1.165, 1.54) is 23.7 Å². The van der Waals surface area contributed by atoms with Crippen LogP contribution in [0.15, 0.2) is 27.8 Å². The predicted octanol–water partition coefficient (Wildman–Crippen LogP) is 0.0382. The fourth-order valence-electron chi connectivity index (χ4n) is 1.72. The molecule has 0 aliphatic rings. The fourth-order valence-corrected chi connectivity index (χ4v) is 1.72. The van der Waals surface area contributed by atoms with Crippen LogP contribution in [0.25, 0.3) is 10.9 Å². The molecule has 2 rings (SSSR count). The molecule has 0 amide bonds. The second-order valence-corrected chi connectivity index (χ2v) is 3.59. The van der Waals surface area contributed by atoms with Crippen LogP contribution in [0, 0.1) is 5.82 Å². The highest BCUT2D eigenvalue weighted by atomic mass is 19.1. The summed E-state index contributed by atoms with van der Waals surface area (Å²) in [6, 6.07) is 3.59. The second-order valence-electron chi connectivity index (χ2n) is 3.59. The van der Waals surface area contributed by atoms with E-state index in [0.717, 1.165) is 10.6 Å². The Balaban J connectivity index is 3.01. The van der Waals surface area contributed by atoms with Gasteiger partial charge in [-0.2, -0.15) is 0 Å². The lowest BCUT2D eigenvalue weighted by molar-refractivity contribution is -0.108. The van der Waals surface area contributed by atoms with E-state index in [1.54, 1.807) is 0 Å². The zero-order chi connectivity index (χ0) is 12.6. The van der Waals surface area contributed by atoms with Crippen LogP contribution >= 0.6 is 0 Å². The summed E-state index contributed by atoms with van der Waals surface area (Å²) in [4.78, 5) is 34.0. The van der Waals surface area contributed by atoms with Crippen LogP contribution in [0.4, 0.5) is 4.39 Å². The monoisotopic (exact) mass is 236 g/mol. The van der Waals surface area contributed by atoms with Crippen molar-refractivity contribution in [1.82, 2.24) is 9.13 Å². The molecular weight excluding hydrogens is 227 g/mol. The molecule has 2 aromatic rings. The molecule has 0 saturated carbocycles. The SMILES string of the molecule is Cn1c(=O)n(CC=O)c(=O)c2cc(F)ccc21. The van der Waals surface area contributed by atoms with Crippen molar-refractivity contribution in [1.29, 1.82) is 0 Å². The molecular formula is C11H9FN2O3. The van der Waals surface area contributed by atoms with Crippen LogP contribution in [0.5, 0.6) is 0 Å². The molecule has 0 fully saturated rings. The number of hydrogen-bond donors (Lipinski definition) is 0. The largest absolute Gasteiger partial charge is 0.331 e. The first-order valence-electron chi connectivity index (χ1n) is 4.89. The first-order chi connectivity index (χ1) is 8.06. The number of benzene rings is 1. The maximum Gasteiger partial charge on any atom is 0.331 e. The number of nitrogens with zero attached hydrogens (tertiary/aromatic N) is 2. The molecule has 1 aromatic heterocycles. The van der Waals surface area contributed by atoms with Crippen LogP contribution < -0.4 is 11.2 Å². The lowest BCUT2D eigenvalue weighted by Gasteiger charge is -2.08. The van der Waals surface area contributed by atoms with Gasteiger partial charge in [-0.3, -0.25) is 13.9 Å². The number of aromatic nitrogens is 2. The summed E-state index contributed by atoms with van der Waals surface area (Å²) in [6.45, 7) is -0.335. The van der Waals surface area contributed by atoms with E-state index in [4.69, 9.17) is 0 Å². The van der Waals surface area contributed by atoms with E-state index >= 15 is 0 Å². The van der Waals surface area contributed by atoms with Crippen LogP contribution in [-0.4, -0.2) is 15.4 Å². The molecule has 1 aromatic carbocycles. The van der Waals surface area contributed by atoms with Crippen molar-refractivity contribution < 1.29 is 9.18 Å². The third-order valence-electron chi connectivity index (χ3n) is 2.57. The molecule has 6 heteroatoms. The van der Waals surface area contributed by atoms with E-state index < -0.39 is 17.1 Å². The Morgan fingerprint density at radius 2 is 2.06 bits per heavy atom. The Morgan fingerprint density at radius 1 is 1.35 bits per heavy atom. The normalized spacial score (nSPS) is 10.7. The Labute approximate surface area is 94.7 Å². The number of carbonyl (C=O) groups excluding carboxylic acids is 1. The van der Waals surface area contributed by atoms with Gasteiger partial charge in [-0.25, -0.2) is 9.18 Å². The lowest BCUT2D eigenvalue weighted by Crippen LogP contribution is -2.39. The minimum Gasteiger partial charge on any atom is -0.301 e. The topological polar surface area (TPSA) is 61.1 Å². The van der Waals surface area contributed by atoms with Crippen LogP contribution in [0.2, 0.25) is 0 Å². The van der Waals surface area contributed by atoms with Gasteiger partial charge in [0.2, 0.25) is 0 Å². The standard InChI is InChI=1S/C11H9FN2O3/c1-13-9-3-2-7(12)6-8(9)10(16)14(4-5-15)11(13)17/h2-3,5-6H,4H2,1H3. The third kappa shape index (κ3) is 1.67. The Kier molecular flexibility index (Phi) is 2.63. The van der Waals surface area contributed by atoms with Crippen LogP contribution in [0.1, 0.15) is 0 Å². The highest BCUT2D eigenvalue weighted by molar-refractivity contribution is 5.78. The van der Waals surface area contributed by atoms with Gasteiger partial charge in [0, 0.05) is 7.05 Å². The van der Waals surface area contributed by atoms with Gasteiger partial charge >= 0.3 is 5.69 Å². The summed E-state index contributed by atoms with van der Waals surface area (Å²) in [5.41, 5.74) is -0.917. The minimum atomic E-state index is -0.658. The average Bonchev–Trinajstić information content (AvgIpc) is 2.32. The number of hydrogen-bond acceptors (Lipinski definition) is 3. The summed E-state index contributed by atoms with van der Waals surface area (Å²) in [7, 11) is 1.46. The molecule has 0 spiro atoms. The van der Waals surface area contributed by atoms with Crippen molar-refractivity contribution in [3.8, 4) is 0 Å². The van der Waals surface area contributed by atoms with Gasteiger partial charge in [-0.05, 0) is 18.2 Å². The molecule has 17 heavy (non-hydrogen) atoms. The number of halogens is 1. The molecule has 1 heterocycles. The molecule has 0 saturated heterocycles. The van der Waals surface area contributed by atoms with Crippen molar-refractivity contribution in [3.63, 3.8) is 0 Å². The average molecular weight is 236 g/mol. The first kappa shape index (κ1) is 11.3. The number of fused-ring (bicyclic) bond motifs is 1. The second kappa shape index (κ2) is 3.97. The zero-order valence-corrected chi connectivity index (χ0v) is 9.01. The fraction of sp³-hybridized carbons (Fsp3) is 0.182. The summed E-state index contributed by atoms with van der Waals surface area (Å²) in [5, 5.41) is 0.0777. The van der Waals surface area contributed by atoms with E-state index in [0.29, 0.717) is 11.8 Å². The van der Waals surface area contributed by atoms with E-state index in [2.05, 4.69) is 0 Å². The molecule has 0 atom stereocenters. The number of carbonyl (C=O) groups is 1. The van der Waals surface area contributed by atoms with Gasteiger partial charge in [0.1, 0.15) is 12.1 Å². The molecule has 0 N–H and O–H groups in total. The van der Waals surface area contributed by atoms with Gasteiger partial charge in [0.25, 0.3) is 5.56 Å². The van der Waals surface area contributed by atoms with Crippen LogP contribution in [0.3, 0.4) is 0 Å². The van der Waals surface area contributed by atoms with Crippen molar-refractivity contribution in [3.05, 3.63) is 44.9 Å². The van der Waals surface area contributed by atoms with E-state index in [1.807, 2.05) is 0 Å². The maximum atomic E-state index is 13.1. The quantitative estimate of drug-likeness (QED) is 0.691. The predicted molar refractivity (Wildman–Crippen MR) is 59.5 cm³/mol. The summed E-state index contributed by atoms with van der Waals surface area (Å²) < 4.78 is 15.0. The van der Waals surface area contributed by atoms with Crippen molar-refractivity contribution in [2.45, 2.75) is 6.54 Å². The summed E-state index contributed by atoms with van der Waals surface area (Å²) in [5.74, 6) is -0.564. The Bertz CT molecular complexity index is 715. The Hall–Kier alpha value is -2.24. The molecule has 0 radical (unpaired) electrons. The smallest absolute Gasteiger partial charge is 0.301 e. The summed E-state index contributed by atoms with van der Waals surface area (Å²) in [6.07, 6.45) is 0.452. The molecule has 0 bridgehead atoms. The van der Waals surface area contributed by atoms with Crippen molar-refractivity contribution in [2.75, 3.05) is 0 Å². The van der Waals surface area contributed by atoms with E-state index in [-0.39, 0.29) is 11.9 Å². The maximum absolute atomic E-state index is 13.1. The number of aldehydes is 1. The molecule has 0 aliphatic carbocycles. The number of aryl methyl sites for hydroxylation is 1. The van der Waals surface area contributed by atoms with Crippen molar-refractivity contribution >= 4 is 17.2 Å². The minimum absolute atomic E-state index is 0.0777. The zero-order valence-electron chi connectivity index (χ0n) is 9.01. The number of rotatable bonds is 2.